The number of carbonyl (C=O) groups excluding carboxylic acids is 1. The predicted octanol–water partition coefficient (Wildman–Crippen LogP) is 2.15. The van der Waals surface area contributed by atoms with Gasteiger partial charge in [0.15, 0.2) is 0 Å². The van der Waals surface area contributed by atoms with Gasteiger partial charge in [-0.3, -0.25) is 15.0 Å². The van der Waals surface area contributed by atoms with Crippen LogP contribution in [-0.4, -0.2) is 52.8 Å². The van der Waals surface area contributed by atoms with Gasteiger partial charge in [0.05, 0.1) is 24.1 Å². The van der Waals surface area contributed by atoms with Crippen LogP contribution in [0.5, 0.6) is 0 Å². The molecule has 2 atom stereocenters. The molecule has 1 N–H and O–H groups in total. The summed E-state index contributed by atoms with van der Waals surface area (Å²) < 4.78 is 11.1. The molecule has 0 radical (unpaired) electrons. The summed E-state index contributed by atoms with van der Waals surface area (Å²) in [5.74, 6) is 0.269. The third-order valence-corrected chi connectivity index (χ3v) is 4.82. The van der Waals surface area contributed by atoms with E-state index in [1.54, 1.807) is 0 Å². The van der Waals surface area contributed by atoms with Crippen LogP contribution in [0.1, 0.15) is 19.4 Å². The van der Waals surface area contributed by atoms with Crippen LogP contribution in [0.2, 0.25) is 0 Å². The van der Waals surface area contributed by atoms with Crippen LogP contribution < -0.4 is 5.32 Å². The lowest BCUT2D eigenvalue weighted by Crippen LogP contribution is -2.50. The molecule has 0 aromatic carbocycles. The van der Waals surface area contributed by atoms with Gasteiger partial charge in [0.2, 0.25) is 5.91 Å². The number of hydrogen-bond acceptors (Lipinski definition) is 7. The lowest BCUT2D eigenvalue weighted by atomic mass is 10.2. The number of aryl methyl sites for hydroxylation is 1. The number of ether oxygens (including phenoxy) is 1. The first-order valence-corrected chi connectivity index (χ1v) is 8.44. The van der Waals surface area contributed by atoms with Crippen LogP contribution in [0.3, 0.4) is 0 Å². The number of rotatable bonds is 4. The summed E-state index contributed by atoms with van der Waals surface area (Å²) in [6.45, 7) is 7.68. The highest BCUT2D eigenvalue weighted by molar-refractivity contribution is 7.13. The lowest BCUT2D eigenvalue weighted by molar-refractivity contribution is -0.121. The van der Waals surface area contributed by atoms with Crippen LogP contribution in [0, 0.1) is 6.92 Å². The highest BCUT2D eigenvalue weighted by atomic mass is 32.1. The van der Waals surface area contributed by atoms with E-state index in [1.807, 2.05) is 32.2 Å². The van der Waals surface area contributed by atoms with Gasteiger partial charge < -0.3 is 9.15 Å². The van der Waals surface area contributed by atoms with E-state index < -0.39 is 0 Å². The summed E-state index contributed by atoms with van der Waals surface area (Å²) in [4.78, 5) is 15.2. The Kier molecular flexibility index (Phi) is 4.74. The van der Waals surface area contributed by atoms with Gasteiger partial charge in [-0.05, 0) is 37.8 Å². The third-order valence-electron chi connectivity index (χ3n) is 3.81. The fourth-order valence-corrected chi connectivity index (χ4v) is 3.34. The maximum absolute atomic E-state index is 12.2. The number of nitrogens with one attached hydrogen (secondary N) is 1. The summed E-state index contributed by atoms with van der Waals surface area (Å²) >= 11 is 1.53. The van der Waals surface area contributed by atoms with E-state index in [2.05, 4.69) is 20.4 Å². The Morgan fingerprint density at radius 3 is 3.04 bits per heavy atom. The topological polar surface area (TPSA) is 80.5 Å². The van der Waals surface area contributed by atoms with Crippen molar-refractivity contribution in [3.05, 3.63) is 17.0 Å². The molecular weight excluding hydrogens is 316 g/mol. The predicted molar refractivity (Wildman–Crippen MR) is 87.4 cm³/mol. The number of hydrogen-bond donors (Lipinski definition) is 1. The van der Waals surface area contributed by atoms with Gasteiger partial charge in [0.25, 0.3) is 5.89 Å². The Labute approximate surface area is 138 Å². The van der Waals surface area contributed by atoms with E-state index in [-0.39, 0.29) is 30.6 Å². The Morgan fingerprint density at radius 2 is 2.30 bits per heavy atom. The molecule has 0 bridgehead atoms. The highest BCUT2D eigenvalue weighted by Crippen LogP contribution is 2.28. The van der Waals surface area contributed by atoms with Gasteiger partial charge in [0.1, 0.15) is 0 Å². The van der Waals surface area contributed by atoms with Crippen molar-refractivity contribution in [3.63, 3.8) is 0 Å². The van der Waals surface area contributed by atoms with Crippen molar-refractivity contribution in [2.24, 2.45) is 0 Å². The number of anilines is 1. The standard InChI is InChI=1S/C15H20N4O3S/c1-9-4-5-23-13(9)14-17-18-15(22-14)16-12(20)7-19-6-11(3)21-8-10(19)2/h4-5,10-11H,6-8H2,1-3H3,(H,16,18,20)/t10-,11+/m1/s1. The lowest BCUT2D eigenvalue weighted by Gasteiger charge is -2.36. The molecule has 3 heterocycles. The molecule has 2 aromatic heterocycles. The molecule has 2 aromatic rings. The van der Waals surface area contributed by atoms with E-state index in [9.17, 15) is 4.79 Å². The molecular formula is C15H20N4O3S. The average Bonchev–Trinajstić information content (AvgIpc) is 3.11. The summed E-state index contributed by atoms with van der Waals surface area (Å²) in [6, 6.07) is 2.33. The first-order chi connectivity index (χ1) is 11.0. The SMILES string of the molecule is Cc1ccsc1-c1nnc(NC(=O)CN2C[C@H](C)OC[C@H]2C)o1. The molecule has 23 heavy (non-hydrogen) atoms. The number of amides is 1. The van der Waals surface area contributed by atoms with Gasteiger partial charge >= 0.3 is 6.01 Å². The molecule has 0 unspecified atom stereocenters. The second-order valence-electron chi connectivity index (χ2n) is 5.82. The number of nitrogens with zero attached hydrogens (tertiary/aromatic N) is 3. The van der Waals surface area contributed by atoms with E-state index in [0.29, 0.717) is 12.5 Å². The van der Waals surface area contributed by atoms with Gasteiger partial charge in [-0.15, -0.1) is 16.4 Å². The molecule has 8 heteroatoms. The number of aromatic nitrogens is 2. The monoisotopic (exact) mass is 336 g/mol. The first-order valence-electron chi connectivity index (χ1n) is 7.56. The Bertz CT molecular complexity index is 684. The molecule has 1 saturated heterocycles. The second kappa shape index (κ2) is 6.77. The minimum Gasteiger partial charge on any atom is -0.402 e. The minimum atomic E-state index is -0.163. The zero-order chi connectivity index (χ0) is 16.4. The van der Waals surface area contributed by atoms with Crippen molar-refractivity contribution < 1.29 is 13.9 Å². The summed E-state index contributed by atoms with van der Waals surface area (Å²) in [5.41, 5.74) is 1.08. The van der Waals surface area contributed by atoms with Crippen LogP contribution in [-0.2, 0) is 9.53 Å². The molecule has 1 fully saturated rings. The molecule has 124 valence electrons. The third kappa shape index (κ3) is 3.77. The molecule has 3 rings (SSSR count). The first kappa shape index (κ1) is 16.1. The van der Waals surface area contributed by atoms with Crippen molar-refractivity contribution >= 4 is 23.3 Å². The van der Waals surface area contributed by atoms with E-state index in [4.69, 9.17) is 9.15 Å². The van der Waals surface area contributed by atoms with Crippen molar-refractivity contribution in [2.75, 3.05) is 25.0 Å². The smallest absolute Gasteiger partial charge is 0.322 e. The number of morpholine rings is 1. The average molecular weight is 336 g/mol. The number of thiophene rings is 1. The van der Waals surface area contributed by atoms with Gasteiger partial charge in [-0.2, -0.15) is 0 Å². The fraction of sp³-hybridized carbons (Fsp3) is 0.533. The summed E-state index contributed by atoms with van der Waals surface area (Å²) in [7, 11) is 0. The molecule has 0 spiro atoms. The summed E-state index contributed by atoms with van der Waals surface area (Å²) in [6.07, 6.45) is 0.135. The molecule has 1 amide bonds. The van der Waals surface area contributed by atoms with E-state index in [1.165, 1.54) is 11.3 Å². The Morgan fingerprint density at radius 1 is 1.48 bits per heavy atom. The zero-order valence-electron chi connectivity index (χ0n) is 13.4. The maximum atomic E-state index is 12.2. The van der Waals surface area contributed by atoms with Gasteiger partial charge in [-0.1, -0.05) is 5.10 Å². The van der Waals surface area contributed by atoms with Crippen molar-refractivity contribution in [3.8, 4) is 10.8 Å². The molecule has 0 aliphatic carbocycles. The second-order valence-corrected chi connectivity index (χ2v) is 6.73. The Hall–Kier alpha value is -1.77. The zero-order valence-corrected chi connectivity index (χ0v) is 14.2. The van der Waals surface area contributed by atoms with Crippen LogP contribution in [0.4, 0.5) is 6.01 Å². The Balaban J connectivity index is 1.60. The minimum absolute atomic E-state index is 0.131. The molecule has 0 saturated carbocycles. The van der Waals surface area contributed by atoms with Gasteiger partial charge in [-0.25, -0.2) is 0 Å². The van der Waals surface area contributed by atoms with E-state index >= 15 is 0 Å². The molecule has 1 aliphatic heterocycles. The normalized spacial score (nSPS) is 22.2. The quantitative estimate of drug-likeness (QED) is 0.921. The summed E-state index contributed by atoms with van der Waals surface area (Å²) in [5, 5.41) is 12.5. The fourth-order valence-electron chi connectivity index (χ4n) is 2.49. The van der Waals surface area contributed by atoms with Crippen molar-refractivity contribution in [2.45, 2.75) is 32.9 Å². The molecule has 7 nitrogen and oxygen atoms in total. The maximum Gasteiger partial charge on any atom is 0.322 e. The van der Waals surface area contributed by atoms with E-state index in [0.717, 1.165) is 17.0 Å². The van der Waals surface area contributed by atoms with Crippen LogP contribution in [0.15, 0.2) is 15.9 Å². The van der Waals surface area contributed by atoms with Gasteiger partial charge in [0, 0.05) is 12.6 Å². The van der Waals surface area contributed by atoms with Crippen molar-refractivity contribution in [1.29, 1.82) is 0 Å². The molecule has 1 aliphatic rings. The van der Waals surface area contributed by atoms with Crippen LogP contribution >= 0.6 is 11.3 Å². The van der Waals surface area contributed by atoms with Crippen molar-refractivity contribution in [1.82, 2.24) is 15.1 Å². The highest BCUT2D eigenvalue weighted by Gasteiger charge is 2.25. The number of carbonyl (C=O) groups is 1. The van der Waals surface area contributed by atoms with Crippen LogP contribution in [0.25, 0.3) is 10.8 Å². The largest absolute Gasteiger partial charge is 0.402 e.